The Morgan fingerprint density at radius 3 is 2.46 bits per heavy atom. The van der Waals surface area contributed by atoms with Crippen LogP contribution in [0.25, 0.3) is 6.08 Å². The van der Waals surface area contributed by atoms with E-state index < -0.39 is 11.7 Å². The van der Waals surface area contributed by atoms with Crippen molar-refractivity contribution < 1.29 is 14.7 Å². The van der Waals surface area contributed by atoms with Crippen LogP contribution >= 0.6 is 0 Å². The number of benzene rings is 2. The van der Waals surface area contributed by atoms with Crippen molar-refractivity contribution in [1.29, 1.82) is 0 Å². The summed E-state index contributed by atoms with van der Waals surface area (Å²) < 4.78 is 6.14. The van der Waals surface area contributed by atoms with Gasteiger partial charge >= 0.3 is 5.91 Å². The number of hydroxylamine groups is 1. The number of carbonyl (C=O) groups excluding carboxylic acids is 1. The van der Waals surface area contributed by atoms with Gasteiger partial charge in [-0.15, -0.1) is 0 Å². The number of ether oxygens (including phenoxy) is 1. The van der Waals surface area contributed by atoms with Crippen LogP contribution in [0.2, 0.25) is 0 Å². The summed E-state index contributed by atoms with van der Waals surface area (Å²) in [7, 11) is 3.87. The average Bonchev–Trinajstić information content (AvgIpc) is 3.36. The van der Waals surface area contributed by atoms with Crippen LogP contribution in [0.5, 0.6) is 0 Å². The Bertz CT molecular complexity index is 1240. The minimum atomic E-state index is -0.726. The van der Waals surface area contributed by atoms with Crippen LogP contribution in [-0.4, -0.2) is 62.2 Å². The maximum Gasteiger partial charge on any atom is 0.312 e. The van der Waals surface area contributed by atoms with Gasteiger partial charge in [0.05, 0.1) is 19.3 Å². The molecule has 1 amide bonds. The molecule has 0 radical (unpaired) electrons. The number of amides is 1. The Kier molecular flexibility index (Phi) is 6.05. The number of nitrogens with zero attached hydrogens (tertiary/aromatic N) is 3. The lowest BCUT2D eigenvalue weighted by Gasteiger charge is -2.45. The predicted octanol–water partition coefficient (Wildman–Crippen LogP) is 3.69. The Hall–Kier alpha value is -2.75. The highest BCUT2D eigenvalue weighted by molar-refractivity contribution is 6.12. The molecular formula is C29H40N5O3+. The van der Waals surface area contributed by atoms with Crippen LogP contribution < -0.4 is 25.5 Å². The maximum atomic E-state index is 14.2. The first-order chi connectivity index (χ1) is 17.4. The van der Waals surface area contributed by atoms with E-state index in [1.54, 1.807) is 4.90 Å². The molecule has 4 N–H and O–H groups in total. The molecule has 0 bridgehead atoms. The molecule has 1 saturated carbocycles. The fourth-order valence-corrected chi connectivity index (χ4v) is 6.84. The standard InChI is InChI=1S/C29H40N5O3/c1-27(2)18-29(27,26(30)31-36)34(6)23-13-12-22(33-14-15-37-28(3,4)19-33)16-20(23)17-24(34)25(35)32(5)21-10-8-7-9-11-21/h7-13,16-17,26,31,36H,14-15,18-19,30H2,1-6H3/q+1/t26?,29-,34?/m1/s1. The van der Waals surface area contributed by atoms with Gasteiger partial charge in [-0.3, -0.25) is 4.79 Å². The topological polar surface area (TPSA) is 91.1 Å². The monoisotopic (exact) mass is 506 g/mol. The molecule has 2 fully saturated rings. The minimum absolute atomic E-state index is 0.0915. The highest BCUT2D eigenvalue weighted by Crippen LogP contribution is 2.67. The summed E-state index contributed by atoms with van der Waals surface area (Å²) >= 11 is 0. The van der Waals surface area contributed by atoms with Gasteiger partial charge in [0.1, 0.15) is 17.4 Å². The van der Waals surface area contributed by atoms with Crippen molar-refractivity contribution >= 4 is 29.0 Å². The molecule has 2 aromatic rings. The van der Waals surface area contributed by atoms with Crippen LogP contribution in [0, 0.1) is 5.41 Å². The number of anilines is 2. The summed E-state index contributed by atoms with van der Waals surface area (Å²) in [5.74, 6) is -0.0915. The molecule has 37 heavy (non-hydrogen) atoms. The molecule has 1 saturated heterocycles. The van der Waals surface area contributed by atoms with Gasteiger partial charge in [0.25, 0.3) is 0 Å². The molecule has 3 atom stereocenters. The number of hydrogen-bond donors (Lipinski definition) is 3. The SMILES string of the molecule is CN(C(=O)C1=Cc2cc(N3CCOC(C)(C)C3)ccc2[N+]1(C)[C@@]1(C(N)NO)CC1(C)C)c1ccccc1. The second-order valence-electron chi connectivity index (χ2n) is 12.1. The van der Waals surface area contributed by atoms with Crippen LogP contribution in [0.4, 0.5) is 17.1 Å². The minimum Gasteiger partial charge on any atom is -0.372 e. The van der Waals surface area contributed by atoms with Gasteiger partial charge in [-0.2, -0.15) is 5.48 Å². The van der Waals surface area contributed by atoms with Crippen LogP contribution in [0.1, 0.15) is 39.7 Å². The third-order valence-electron chi connectivity index (χ3n) is 8.94. The number of nitrogens with one attached hydrogen (secondary N) is 1. The Labute approximate surface area is 219 Å². The molecule has 3 aliphatic rings. The first-order valence-electron chi connectivity index (χ1n) is 13.0. The van der Waals surface area contributed by atoms with Gasteiger partial charge in [-0.05, 0) is 38.1 Å². The van der Waals surface area contributed by atoms with Crippen LogP contribution in [0.15, 0.2) is 54.2 Å². The van der Waals surface area contributed by atoms with Crippen molar-refractivity contribution in [2.45, 2.75) is 51.4 Å². The first kappa shape index (κ1) is 25.9. The normalized spacial score (nSPS) is 28.3. The quantitative estimate of drug-likeness (QED) is 0.315. The highest BCUT2D eigenvalue weighted by atomic mass is 16.5. The number of para-hydroxylation sites is 1. The van der Waals surface area contributed by atoms with Gasteiger partial charge in [0, 0.05) is 61.1 Å². The van der Waals surface area contributed by atoms with Crippen LogP contribution in [0.3, 0.4) is 0 Å². The number of quaternary nitrogens is 1. The van der Waals surface area contributed by atoms with Crippen molar-refractivity contribution in [3.05, 3.63) is 59.8 Å². The van der Waals surface area contributed by atoms with E-state index in [-0.39, 0.29) is 21.4 Å². The molecule has 2 heterocycles. The molecule has 0 aromatic heterocycles. The molecular weight excluding hydrogens is 466 g/mol. The van der Waals surface area contributed by atoms with E-state index in [2.05, 4.69) is 63.3 Å². The molecule has 0 spiro atoms. The van der Waals surface area contributed by atoms with E-state index in [1.807, 2.05) is 43.5 Å². The van der Waals surface area contributed by atoms with Gasteiger partial charge in [0.2, 0.25) is 5.70 Å². The molecule has 2 aliphatic heterocycles. The third kappa shape index (κ3) is 3.82. The van der Waals surface area contributed by atoms with E-state index in [4.69, 9.17) is 10.5 Å². The molecule has 8 nitrogen and oxygen atoms in total. The van der Waals surface area contributed by atoms with Crippen molar-refractivity contribution in [3.63, 3.8) is 0 Å². The molecule has 1 aliphatic carbocycles. The van der Waals surface area contributed by atoms with E-state index in [0.717, 1.165) is 42.1 Å². The highest BCUT2D eigenvalue weighted by Gasteiger charge is 2.78. The van der Waals surface area contributed by atoms with Gasteiger partial charge in [-0.1, -0.05) is 32.0 Å². The number of carbonyl (C=O) groups is 1. The van der Waals surface area contributed by atoms with Crippen LogP contribution in [-0.2, 0) is 9.53 Å². The largest absolute Gasteiger partial charge is 0.372 e. The molecule has 8 heteroatoms. The van der Waals surface area contributed by atoms with Gasteiger partial charge in [0.15, 0.2) is 0 Å². The molecule has 2 aromatic carbocycles. The summed E-state index contributed by atoms with van der Waals surface area (Å²) in [6.45, 7) is 10.8. The van der Waals surface area contributed by atoms with Crippen molar-refractivity contribution in [3.8, 4) is 0 Å². The van der Waals surface area contributed by atoms with Gasteiger partial charge < -0.3 is 25.5 Å². The summed E-state index contributed by atoms with van der Waals surface area (Å²) in [4.78, 5) is 18.2. The number of morpholine rings is 1. The molecule has 5 rings (SSSR count). The van der Waals surface area contributed by atoms with E-state index in [1.165, 1.54) is 0 Å². The smallest absolute Gasteiger partial charge is 0.312 e. The fourth-order valence-electron chi connectivity index (χ4n) is 6.84. The third-order valence-corrected chi connectivity index (χ3v) is 8.94. The Balaban J connectivity index is 1.63. The van der Waals surface area contributed by atoms with E-state index >= 15 is 0 Å². The molecule has 2 unspecified atom stereocenters. The van der Waals surface area contributed by atoms with Crippen molar-refractivity contribution in [1.82, 2.24) is 9.96 Å². The zero-order chi connectivity index (χ0) is 26.8. The second-order valence-corrected chi connectivity index (χ2v) is 12.1. The predicted molar refractivity (Wildman–Crippen MR) is 148 cm³/mol. The number of hydrogen-bond acceptors (Lipinski definition) is 6. The summed E-state index contributed by atoms with van der Waals surface area (Å²) in [6.07, 6.45) is 2.05. The van der Waals surface area contributed by atoms with Crippen molar-refractivity contribution in [2.75, 3.05) is 43.6 Å². The number of fused-ring (bicyclic) bond motifs is 1. The number of rotatable bonds is 6. The van der Waals surface area contributed by atoms with E-state index in [9.17, 15) is 10.0 Å². The van der Waals surface area contributed by atoms with E-state index in [0.29, 0.717) is 12.3 Å². The lowest BCUT2D eigenvalue weighted by molar-refractivity contribution is -0.116. The summed E-state index contributed by atoms with van der Waals surface area (Å²) in [6, 6.07) is 16.1. The summed E-state index contributed by atoms with van der Waals surface area (Å²) in [5, 5.41) is 10.0. The first-order valence-corrected chi connectivity index (χ1v) is 13.0. The summed E-state index contributed by atoms with van der Waals surface area (Å²) in [5.41, 5.74) is 12.4. The lowest BCUT2D eigenvalue weighted by atomic mass is 9.95. The van der Waals surface area contributed by atoms with Crippen molar-refractivity contribution in [2.24, 2.45) is 11.1 Å². The molecule has 198 valence electrons. The zero-order valence-corrected chi connectivity index (χ0v) is 22.8. The Morgan fingerprint density at radius 2 is 1.86 bits per heavy atom. The zero-order valence-electron chi connectivity index (χ0n) is 22.8. The maximum absolute atomic E-state index is 14.2. The average molecular weight is 507 g/mol. The Morgan fingerprint density at radius 1 is 1.19 bits per heavy atom. The number of likely N-dealkylation sites (N-methyl/N-ethyl adjacent to an activating group) is 2. The number of nitrogens with two attached hydrogens (primary N) is 1. The lowest BCUT2D eigenvalue weighted by Crippen LogP contribution is -2.68. The second kappa shape index (κ2) is 8.64. The van der Waals surface area contributed by atoms with Gasteiger partial charge in [-0.25, -0.2) is 4.48 Å². The fraction of sp³-hybridized carbons (Fsp3) is 0.483.